The maximum absolute atomic E-state index is 12.2. The lowest BCUT2D eigenvalue weighted by Gasteiger charge is -2.35. The number of nitrogens with one attached hydrogen (secondary N) is 1. The van der Waals surface area contributed by atoms with E-state index in [1.807, 2.05) is 6.92 Å². The fraction of sp³-hybridized carbons (Fsp3) is 0.667. The third kappa shape index (κ3) is 4.47. The summed E-state index contributed by atoms with van der Waals surface area (Å²) in [6, 6.07) is 0. The first-order valence-corrected chi connectivity index (χ1v) is 7.55. The summed E-state index contributed by atoms with van der Waals surface area (Å²) in [5.41, 5.74) is 1.36. The van der Waals surface area contributed by atoms with Crippen LogP contribution in [0.1, 0.15) is 36.8 Å². The summed E-state index contributed by atoms with van der Waals surface area (Å²) in [7, 11) is 0. The molecule has 1 fully saturated rings. The van der Waals surface area contributed by atoms with Gasteiger partial charge in [-0.1, -0.05) is 6.92 Å². The summed E-state index contributed by atoms with van der Waals surface area (Å²) in [5, 5.41) is 2.95. The van der Waals surface area contributed by atoms with E-state index < -0.39 is 0 Å². The molecular formula is C15H24N4O2. The monoisotopic (exact) mass is 292 g/mol. The quantitative estimate of drug-likeness (QED) is 0.872. The summed E-state index contributed by atoms with van der Waals surface area (Å²) in [6.45, 7) is 9.42. The molecule has 0 aliphatic carbocycles. The number of nitrogens with zero attached hydrogens (tertiary/aromatic N) is 3. The van der Waals surface area contributed by atoms with Crippen LogP contribution >= 0.6 is 0 Å². The maximum Gasteiger partial charge on any atom is 0.254 e. The second-order valence-electron chi connectivity index (χ2n) is 5.51. The molecule has 1 aliphatic rings. The molecule has 1 aromatic rings. The highest BCUT2D eigenvalue weighted by Crippen LogP contribution is 2.09. The molecule has 1 aliphatic heterocycles. The van der Waals surface area contributed by atoms with Crippen LogP contribution in [0.3, 0.4) is 0 Å². The van der Waals surface area contributed by atoms with E-state index >= 15 is 0 Å². The lowest BCUT2D eigenvalue weighted by Crippen LogP contribution is -2.47. The minimum atomic E-state index is -0.0955. The second-order valence-corrected chi connectivity index (χ2v) is 5.51. The van der Waals surface area contributed by atoms with Gasteiger partial charge in [0, 0.05) is 32.4 Å². The standard InChI is InChI=1S/C15H24N4O2/c1-4-14-13(7-16-10-18-14)15(20)17-5-6-19-8-11(2)21-12(3)9-19/h7,10-12H,4-6,8-9H2,1-3H3,(H,17,20)/t11-,12-/m0/s1. The van der Waals surface area contributed by atoms with Gasteiger partial charge < -0.3 is 10.1 Å². The highest BCUT2D eigenvalue weighted by atomic mass is 16.5. The minimum absolute atomic E-state index is 0.0955. The first-order valence-electron chi connectivity index (χ1n) is 7.55. The van der Waals surface area contributed by atoms with E-state index in [0.29, 0.717) is 12.1 Å². The summed E-state index contributed by atoms with van der Waals surface area (Å²) in [5.74, 6) is -0.0955. The fourth-order valence-corrected chi connectivity index (χ4v) is 2.72. The van der Waals surface area contributed by atoms with E-state index in [0.717, 1.165) is 31.7 Å². The van der Waals surface area contributed by atoms with Gasteiger partial charge in [0.05, 0.1) is 23.5 Å². The average Bonchev–Trinajstić information content (AvgIpc) is 2.46. The average molecular weight is 292 g/mol. The highest BCUT2D eigenvalue weighted by molar-refractivity contribution is 5.94. The molecule has 2 heterocycles. The van der Waals surface area contributed by atoms with Crippen LogP contribution in [0.2, 0.25) is 0 Å². The van der Waals surface area contributed by atoms with Gasteiger partial charge in [-0.2, -0.15) is 0 Å². The third-order valence-electron chi connectivity index (χ3n) is 3.58. The number of carbonyl (C=O) groups excluding carboxylic acids is 1. The van der Waals surface area contributed by atoms with E-state index in [1.165, 1.54) is 6.33 Å². The van der Waals surface area contributed by atoms with Crippen LogP contribution in [0.25, 0.3) is 0 Å². The van der Waals surface area contributed by atoms with Crippen molar-refractivity contribution in [2.45, 2.75) is 39.4 Å². The molecule has 2 rings (SSSR count). The van der Waals surface area contributed by atoms with Crippen LogP contribution in [-0.4, -0.2) is 59.2 Å². The van der Waals surface area contributed by atoms with Crippen molar-refractivity contribution in [3.05, 3.63) is 23.8 Å². The van der Waals surface area contributed by atoms with Crippen molar-refractivity contribution < 1.29 is 9.53 Å². The summed E-state index contributed by atoms with van der Waals surface area (Å²) < 4.78 is 5.70. The summed E-state index contributed by atoms with van der Waals surface area (Å²) in [6.07, 6.45) is 4.29. The first-order chi connectivity index (χ1) is 10.1. The van der Waals surface area contributed by atoms with Crippen molar-refractivity contribution in [3.8, 4) is 0 Å². The number of aromatic nitrogens is 2. The summed E-state index contributed by atoms with van der Waals surface area (Å²) in [4.78, 5) is 22.6. The Morgan fingerprint density at radius 3 is 2.81 bits per heavy atom. The smallest absolute Gasteiger partial charge is 0.254 e. The van der Waals surface area contributed by atoms with Gasteiger partial charge >= 0.3 is 0 Å². The normalized spacial score (nSPS) is 23.0. The predicted octanol–water partition coefficient (Wildman–Crippen LogP) is 0.878. The number of rotatable bonds is 5. The zero-order chi connectivity index (χ0) is 15.2. The van der Waals surface area contributed by atoms with Gasteiger partial charge in [0.25, 0.3) is 5.91 Å². The van der Waals surface area contributed by atoms with Crippen LogP contribution in [0, 0.1) is 0 Å². The molecule has 1 amide bonds. The van der Waals surface area contributed by atoms with E-state index in [2.05, 4.69) is 34.0 Å². The number of aryl methyl sites for hydroxylation is 1. The van der Waals surface area contributed by atoms with Crippen molar-refractivity contribution in [3.63, 3.8) is 0 Å². The first kappa shape index (κ1) is 15.9. The van der Waals surface area contributed by atoms with E-state index in [-0.39, 0.29) is 18.1 Å². The van der Waals surface area contributed by atoms with Gasteiger partial charge in [0.2, 0.25) is 0 Å². The van der Waals surface area contributed by atoms with Gasteiger partial charge in [0.1, 0.15) is 6.33 Å². The van der Waals surface area contributed by atoms with E-state index in [9.17, 15) is 4.79 Å². The van der Waals surface area contributed by atoms with Gasteiger partial charge in [-0.25, -0.2) is 9.97 Å². The van der Waals surface area contributed by atoms with Crippen LogP contribution in [0.5, 0.6) is 0 Å². The molecule has 21 heavy (non-hydrogen) atoms. The molecule has 6 heteroatoms. The Morgan fingerprint density at radius 2 is 2.14 bits per heavy atom. The zero-order valence-corrected chi connectivity index (χ0v) is 13.0. The van der Waals surface area contributed by atoms with Crippen molar-refractivity contribution in [2.75, 3.05) is 26.2 Å². The number of hydrogen-bond donors (Lipinski definition) is 1. The molecule has 0 radical (unpaired) electrons. The van der Waals surface area contributed by atoms with Crippen LogP contribution in [-0.2, 0) is 11.2 Å². The van der Waals surface area contributed by atoms with Crippen molar-refractivity contribution in [2.24, 2.45) is 0 Å². The SMILES string of the molecule is CCc1ncncc1C(=O)NCCN1C[C@H](C)O[C@@H](C)C1. The fourth-order valence-electron chi connectivity index (χ4n) is 2.72. The lowest BCUT2D eigenvalue weighted by atomic mass is 10.2. The van der Waals surface area contributed by atoms with Gasteiger partial charge in [-0.15, -0.1) is 0 Å². The van der Waals surface area contributed by atoms with Gasteiger partial charge in [-0.3, -0.25) is 9.69 Å². The Hall–Kier alpha value is -1.53. The Bertz CT molecular complexity index is 470. The Morgan fingerprint density at radius 1 is 1.43 bits per heavy atom. The molecule has 1 aromatic heterocycles. The molecule has 0 saturated carbocycles. The number of morpholine rings is 1. The molecule has 116 valence electrons. The lowest BCUT2D eigenvalue weighted by molar-refractivity contribution is -0.0672. The largest absolute Gasteiger partial charge is 0.373 e. The van der Waals surface area contributed by atoms with Gasteiger partial charge in [-0.05, 0) is 20.3 Å². The molecule has 0 unspecified atom stereocenters. The van der Waals surface area contributed by atoms with E-state index in [1.54, 1.807) is 6.20 Å². The van der Waals surface area contributed by atoms with Crippen LogP contribution in [0.15, 0.2) is 12.5 Å². The maximum atomic E-state index is 12.2. The molecule has 0 bridgehead atoms. The zero-order valence-electron chi connectivity index (χ0n) is 13.0. The molecule has 1 saturated heterocycles. The predicted molar refractivity (Wildman–Crippen MR) is 80.2 cm³/mol. The Labute approximate surface area is 125 Å². The van der Waals surface area contributed by atoms with Crippen molar-refractivity contribution >= 4 is 5.91 Å². The highest BCUT2D eigenvalue weighted by Gasteiger charge is 2.21. The second kappa shape index (κ2) is 7.47. The molecular weight excluding hydrogens is 268 g/mol. The third-order valence-corrected chi connectivity index (χ3v) is 3.58. The Kier molecular flexibility index (Phi) is 5.64. The van der Waals surface area contributed by atoms with Crippen LogP contribution < -0.4 is 5.32 Å². The number of hydrogen-bond acceptors (Lipinski definition) is 5. The summed E-state index contributed by atoms with van der Waals surface area (Å²) >= 11 is 0. The molecule has 0 spiro atoms. The number of carbonyl (C=O) groups is 1. The number of amides is 1. The molecule has 0 aromatic carbocycles. The van der Waals surface area contributed by atoms with Crippen LogP contribution in [0.4, 0.5) is 0 Å². The van der Waals surface area contributed by atoms with E-state index in [4.69, 9.17) is 4.74 Å². The number of ether oxygens (including phenoxy) is 1. The van der Waals surface area contributed by atoms with Gasteiger partial charge in [0.15, 0.2) is 0 Å². The Balaban J connectivity index is 1.81. The molecule has 6 nitrogen and oxygen atoms in total. The minimum Gasteiger partial charge on any atom is -0.373 e. The van der Waals surface area contributed by atoms with Crippen molar-refractivity contribution in [1.29, 1.82) is 0 Å². The molecule has 1 N–H and O–H groups in total. The van der Waals surface area contributed by atoms with Crippen molar-refractivity contribution in [1.82, 2.24) is 20.2 Å². The molecule has 2 atom stereocenters. The topological polar surface area (TPSA) is 67.4 Å².